The molecular weight excluding hydrogens is 863 g/mol. The predicted molar refractivity (Wildman–Crippen MR) is 256 cm³/mol. The fourth-order valence-corrected chi connectivity index (χ4v) is 9.49. The van der Waals surface area contributed by atoms with Gasteiger partial charge in [0.15, 0.2) is 0 Å². The Hall–Kier alpha value is 0.259. The van der Waals surface area contributed by atoms with Crippen molar-refractivity contribution >= 4 is 76.9 Å². The van der Waals surface area contributed by atoms with Gasteiger partial charge in [-0.1, -0.05) is 99.3 Å². The third-order valence-electron chi connectivity index (χ3n) is 9.87. The van der Waals surface area contributed by atoms with E-state index in [-0.39, 0.29) is 56.3 Å². The molecule has 0 aliphatic heterocycles. The number of unbranched alkanes of at least 4 members (excludes halogenated alkanes) is 13. The van der Waals surface area contributed by atoms with Crippen LogP contribution in [0.5, 0.6) is 0 Å². The summed E-state index contributed by atoms with van der Waals surface area (Å²) in [6, 6.07) is 0. The van der Waals surface area contributed by atoms with Crippen LogP contribution in [0.4, 0.5) is 0 Å². The van der Waals surface area contributed by atoms with Crippen LogP contribution in [-0.4, -0.2) is 76.1 Å². The molecule has 0 aromatic heterocycles. The third kappa shape index (κ3) is 54.3. The molecule has 0 saturated carbocycles. The van der Waals surface area contributed by atoms with Crippen LogP contribution < -0.4 is 0 Å². The van der Waals surface area contributed by atoms with Gasteiger partial charge in [-0.25, -0.2) is 0 Å². The van der Waals surface area contributed by atoms with Crippen molar-refractivity contribution in [2.24, 2.45) is 17.8 Å². The van der Waals surface area contributed by atoms with Crippen molar-refractivity contribution in [3.63, 3.8) is 0 Å². The Kier molecular flexibility index (Phi) is 62.1. The predicted octanol–water partition coefficient (Wildman–Crippen LogP) is 14.3. The molecule has 6 nitrogen and oxygen atoms in total. The third-order valence-corrected chi connectivity index (χ3v) is 14.7. The summed E-state index contributed by atoms with van der Waals surface area (Å²) in [5, 5.41) is 0. The molecule has 0 aromatic carbocycles. The number of hydrogen-bond donors (Lipinski definition) is 3. The number of carbonyl (C=O) groups excluding carboxylic acids is 3. The number of thiol groups is 3. The van der Waals surface area contributed by atoms with Crippen LogP contribution in [-0.2, 0) is 28.6 Å². The molecule has 2 radical (unpaired) electrons. The molecule has 0 saturated heterocycles. The molecule has 56 heavy (non-hydrogen) atoms. The van der Waals surface area contributed by atoms with Gasteiger partial charge in [-0.3, -0.25) is 14.4 Å². The molecular formula is C46H94O6S3Sn. The van der Waals surface area contributed by atoms with Crippen LogP contribution in [0.2, 0.25) is 8.87 Å². The Morgan fingerprint density at radius 2 is 0.643 bits per heavy atom. The molecule has 0 N–H and O–H groups in total. The monoisotopic (exact) mass is 959 g/mol. The molecule has 10 heteroatoms. The fourth-order valence-electron chi connectivity index (χ4n) is 5.65. The topological polar surface area (TPSA) is 78.9 Å². The van der Waals surface area contributed by atoms with E-state index in [9.17, 15) is 14.4 Å². The zero-order chi connectivity index (χ0) is 42.9. The minimum atomic E-state index is -0.210. The molecule has 0 aliphatic carbocycles. The second kappa shape index (κ2) is 55.3. The fraction of sp³-hybridized carbons (Fsp3) is 0.935. The first-order chi connectivity index (χ1) is 27.1. The Morgan fingerprint density at radius 3 is 0.875 bits per heavy atom. The van der Waals surface area contributed by atoms with Crippen LogP contribution in [0, 0.1) is 17.8 Å². The summed E-state index contributed by atoms with van der Waals surface area (Å²) in [5.74, 6) is 1.52. The van der Waals surface area contributed by atoms with Gasteiger partial charge in [0.05, 0.1) is 37.1 Å². The maximum absolute atomic E-state index is 10.8. The van der Waals surface area contributed by atoms with Gasteiger partial charge in [0.2, 0.25) is 0 Å². The van der Waals surface area contributed by atoms with Crippen LogP contribution in [0.1, 0.15) is 209 Å². The first kappa shape index (κ1) is 62.9. The van der Waals surface area contributed by atoms with Crippen LogP contribution in [0.25, 0.3) is 0 Å². The molecule has 0 bridgehead atoms. The first-order valence-electron chi connectivity index (χ1n) is 23.1. The van der Waals surface area contributed by atoms with Gasteiger partial charge in [-0.2, -0.15) is 37.9 Å². The normalized spacial score (nSPS) is 12.1. The molecule has 0 rings (SSSR count). The van der Waals surface area contributed by atoms with Crippen LogP contribution in [0.3, 0.4) is 0 Å². The van der Waals surface area contributed by atoms with Crippen molar-refractivity contribution in [1.82, 2.24) is 0 Å². The van der Waals surface area contributed by atoms with Gasteiger partial charge in [0.25, 0.3) is 0 Å². The van der Waals surface area contributed by atoms with Crippen molar-refractivity contribution in [1.29, 1.82) is 0 Å². The van der Waals surface area contributed by atoms with Crippen molar-refractivity contribution in [3.05, 3.63) is 0 Å². The van der Waals surface area contributed by atoms with E-state index in [1.165, 1.54) is 103 Å². The zero-order valence-corrected chi connectivity index (χ0v) is 43.7. The Balaban J connectivity index is -0.000000324. The molecule has 3 unspecified atom stereocenters. The van der Waals surface area contributed by atoms with Gasteiger partial charge in [-0.15, -0.1) is 0 Å². The van der Waals surface area contributed by atoms with Gasteiger partial charge in [0, 0.05) is 0 Å². The van der Waals surface area contributed by atoms with Crippen molar-refractivity contribution in [2.75, 3.05) is 37.1 Å². The van der Waals surface area contributed by atoms with Crippen LogP contribution in [0.15, 0.2) is 0 Å². The minimum absolute atomic E-state index is 0.0736. The molecule has 0 heterocycles. The van der Waals surface area contributed by atoms with Crippen molar-refractivity contribution in [2.45, 2.75) is 218 Å². The molecule has 0 aliphatic rings. The Morgan fingerprint density at radius 1 is 0.393 bits per heavy atom. The number of ether oxygens (including phenoxy) is 3. The number of esters is 3. The quantitative estimate of drug-likeness (QED) is 0.0193. The molecule has 0 amide bonds. The van der Waals surface area contributed by atoms with Gasteiger partial charge < -0.3 is 14.2 Å². The summed E-state index contributed by atoms with van der Waals surface area (Å²) in [6.07, 6.45) is 31.8. The van der Waals surface area contributed by atoms with E-state index in [4.69, 9.17) is 14.2 Å². The van der Waals surface area contributed by atoms with Gasteiger partial charge >= 0.3 is 139 Å². The Labute approximate surface area is 376 Å². The van der Waals surface area contributed by atoms with Crippen molar-refractivity contribution in [3.8, 4) is 0 Å². The molecule has 0 spiro atoms. The van der Waals surface area contributed by atoms with Gasteiger partial charge in [0.1, 0.15) is 0 Å². The SMILES string of the molecule is CCCCC(CC)COC(=O)CS.CCCCC(CC)COC(=O)CS.CCCCC(CC)COC(=O)CS.CCCCCCC[CH2][Sn][CH2]CCCCCCC. The van der Waals surface area contributed by atoms with E-state index in [1.54, 1.807) is 21.7 Å². The summed E-state index contributed by atoms with van der Waals surface area (Å²) in [6.45, 7) is 19.2. The van der Waals surface area contributed by atoms with Crippen molar-refractivity contribution < 1.29 is 28.6 Å². The van der Waals surface area contributed by atoms with Gasteiger partial charge in [-0.05, 0) is 37.0 Å². The molecule has 336 valence electrons. The van der Waals surface area contributed by atoms with E-state index in [0.29, 0.717) is 37.6 Å². The number of carbonyl (C=O) groups is 3. The summed E-state index contributed by atoms with van der Waals surface area (Å²) in [4.78, 5) is 32.4. The molecule has 0 fully saturated rings. The average Bonchev–Trinajstić information content (AvgIpc) is 3.23. The Bertz CT molecular complexity index is 702. The average molecular weight is 958 g/mol. The van der Waals surface area contributed by atoms with E-state index in [0.717, 1.165) is 38.5 Å². The molecule has 3 atom stereocenters. The summed E-state index contributed by atoms with van der Waals surface area (Å²) < 4.78 is 18.4. The first-order valence-corrected chi connectivity index (χ1v) is 29.1. The zero-order valence-electron chi connectivity index (χ0n) is 38.2. The van der Waals surface area contributed by atoms with E-state index in [1.807, 2.05) is 0 Å². The maximum atomic E-state index is 10.8. The second-order valence-corrected chi connectivity index (χ2v) is 20.3. The number of hydrogen-bond acceptors (Lipinski definition) is 9. The number of rotatable bonds is 35. The van der Waals surface area contributed by atoms with Crippen LogP contribution >= 0.6 is 37.9 Å². The van der Waals surface area contributed by atoms with E-state index < -0.39 is 0 Å². The van der Waals surface area contributed by atoms with E-state index in [2.05, 4.69) is 93.3 Å². The molecule has 0 aromatic rings. The summed E-state index contributed by atoms with van der Waals surface area (Å²) >= 11 is 11.6. The summed E-state index contributed by atoms with van der Waals surface area (Å²) in [7, 11) is 0. The second-order valence-electron chi connectivity index (χ2n) is 15.1. The van der Waals surface area contributed by atoms with E-state index >= 15 is 0 Å². The summed E-state index contributed by atoms with van der Waals surface area (Å²) in [5.41, 5.74) is 0. The standard InChI is InChI=1S/3C10H20O2S.2C8H17.Sn/c3*1-3-5-6-9(4-2)7-12-10(11)8-13;2*1-3-5-7-8-6-4-2;/h3*9,13H,3-8H2,1-2H3;2*1,3-8H2,2H3;.